The first kappa shape index (κ1) is 19.9. The number of rotatable bonds is 4. The van der Waals surface area contributed by atoms with E-state index in [4.69, 9.17) is 4.74 Å². The standard InChI is InChI=1S/C25H18N4O2S2/c30-23(26-25-28-27-24(33-25)22-6-3-13-32-22)17-7-10-18(11-8-17)29-14-20-19-5-2-1-4-16(19)9-12-21(20)31-15-29/h1-13H,14-15H2,(H,26,28,30). The summed E-state index contributed by atoms with van der Waals surface area (Å²) in [5.74, 6) is 0.724. The first-order valence-electron chi connectivity index (χ1n) is 10.4. The van der Waals surface area contributed by atoms with Gasteiger partial charge in [-0.2, -0.15) is 0 Å². The van der Waals surface area contributed by atoms with Crippen LogP contribution < -0.4 is 15.0 Å². The number of nitrogens with one attached hydrogen (secondary N) is 1. The summed E-state index contributed by atoms with van der Waals surface area (Å²) >= 11 is 2.96. The molecule has 6 rings (SSSR count). The number of nitrogens with zero attached hydrogens (tertiary/aromatic N) is 3. The number of benzene rings is 3. The normalized spacial score (nSPS) is 12.9. The maximum Gasteiger partial charge on any atom is 0.257 e. The molecule has 0 unspecified atom stereocenters. The number of anilines is 2. The van der Waals surface area contributed by atoms with Gasteiger partial charge >= 0.3 is 0 Å². The Hall–Kier alpha value is -3.75. The minimum Gasteiger partial charge on any atom is -0.473 e. The van der Waals surface area contributed by atoms with Crippen LogP contribution in [0.15, 0.2) is 78.2 Å². The van der Waals surface area contributed by atoms with Gasteiger partial charge in [0.25, 0.3) is 5.91 Å². The van der Waals surface area contributed by atoms with Crippen molar-refractivity contribution in [2.45, 2.75) is 6.54 Å². The average molecular weight is 471 g/mol. The molecule has 1 aliphatic rings. The third-order valence-corrected chi connectivity index (χ3v) is 7.47. The van der Waals surface area contributed by atoms with Crippen molar-refractivity contribution in [3.63, 3.8) is 0 Å². The zero-order chi connectivity index (χ0) is 22.2. The smallest absolute Gasteiger partial charge is 0.257 e. The second-order valence-electron chi connectivity index (χ2n) is 7.63. The molecular weight excluding hydrogens is 452 g/mol. The number of carbonyl (C=O) groups excluding carboxylic acids is 1. The van der Waals surface area contributed by atoms with Crippen LogP contribution in [0.2, 0.25) is 0 Å². The average Bonchev–Trinajstić information content (AvgIpc) is 3.56. The molecule has 162 valence electrons. The van der Waals surface area contributed by atoms with E-state index in [0.29, 0.717) is 17.4 Å². The fourth-order valence-corrected chi connectivity index (χ4v) is 5.46. The highest BCUT2D eigenvalue weighted by atomic mass is 32.1. The van der Waals surface area contributed by atoms with Gasteiger partial charge < -0.3 is 9.64 Å². The van der Waals surface area contributed by atoms with E-state index in [1.807, 2.05) is 53.9 Å². The highest BCUT2D eigenvalue weighted by molar-refractivity contribution is 7.23. The first-order valence-corrected chi connectivity index (χ1v) is 12.1. The lowest BCUT2D eigenvalue weighted by molar-refractivity contribution is 0.102. The van der Waals surface area contributed by atoms with E-state index in [0.717, 1.165) is 27.9 Å². The minimum absolute atomic E-state index is 0.207. The molecular formula is C25H18N4O2S2. The molecule has 3 heterocycles. The maximum atomic E-state index is 12.7. The molecule has 3 aromatic carbocycles. The van der Waals surface area contributed by atoms with Gasteiger partial charge in [0.15, 0.2) is 11.7 Å². The molecule has 1 aliphatic heterocycles. The van der Waals surface area contributed by atoms with Gasteiger partial charge in [0, 0.05) is 16.8 Å². The lowest BCUT2D eigenvalue weighted by Crippen LogP contribution is -2.32. The summed E-state index contributed by atoms with van der Waals surface area (Å²) in [6.45, 7) is 1.21. The van der Waals surface area contributed by atoms with Crippen molar-refractivity contribution in [2.75, 3.05) is 16.9 Å². The quantitative estimate of drug-likeness (QED) is 0.347. The molecule has 2 aromatic heterocycles. The third-order valence-electron chi connectivity index (χ3n) is 5.59. The first-order chi connectivity index (χ1) is 16.2. The lowest BCUT2D eigenvalue weighted by Gasteiger charge is -2.31. The molecule has 0 radical (unpaired) electrons. The molecule has 33 heavy (non-hydrogen) atoms. The van der Waals surface area contributed by atoms with E-state index < -0.39 is 0 Å². The van der Waals surface area contributed by atoms with Crippen molar-refractivity contribution >= 4 is 50.2 Å². The molecule has 6 nitrogen and oxygen atoms in total. The van der Waals surface area contributed by atoms with Gasteiger partial charge in [0.2, 0.25) is 5.13 Å². The Balaban J connectivity index is 1.18. The number of aromatic nitrogens is 2. The van der Waals surface area contributed by atoms with Crippen LogP contribution in [0.4, 0.5) is 10.8 Å². The predicted octanol–water partition coefficient (Wildman–Crippen LogP) is 6.03. The Morgan fingerprint density at radius 3 is 2.70 bits per heavy atom. The summed E-state index contributed by atoms with van der Waals surface area (Å²) in [7, 11) is 0. The molecule has 0 spiro atoms. The van der Waals surface area contributed by atoms with Crippen molar-refractivity contribution in [2.24, 2.45) is 0 Å². The molecule has 1 amide bonds. The Morgan fingerprint density at radius 1 is 0.970 bits per heavy atom. The maximum absolute atomic E-state index is 12.7. The summed E-state index contributed by atoms with van der Waals surface area (Å²) in [5, 5.41) is 16.8. The fourth-order valence-electron chi connectivity index (χ4n) is 3.93. The molecule has 1 N–H and O–H groups in total. The van der Waals surface area contributed by atoms with Crippen LogP contribution in [0.3, 0.4) is 0 Å². The SMILES string of the molecule is O=C(Nc1nnc(-c2cccs2)s1)c1ccc(N2COc3ccc4ccccc4c3C2)cc1. The van der Waals surface area contributed by atoms with Crippen molar-refractivity contribution in [1.29, 1.82) is 0 Å². The Labute approximate surface area is 198 Å². The highest BCUT2D eigenvalue weighted by Crippen LogP contribution is 2.34. The molecule has 0 atom stereocenters. The minimum atomic E-state index is -0.207. The van der Waals surface area contributed by atoms with Gasteiger partial charge in [-0.05, 0) is 52.6 Å². The van der Waals surface area contributed by atoms with E-state index in [1.54, 1.807) is 11.3 Å². The molecule has 0 bridgehead atoms. The molecule has 0 aliphatic carbocycles. The molecule has 8 heteroatoms. The van der Waals surface area contributed by atoms with Crippen LogP contribution in [-0.2, 0) is 6.54 Å². The summed E-state index contributed by atoms with van der Waals surface area (Å²) < 4.78 is 6.02. The fraction of sp³-hybridized carbons (Fsp3) is 0.0800. The molecule has 0 saturated carbocycles. The topological polar surface area (TPSA) is 67.4 Å². The van der Waals surface area contributed by atoms with E-state index >= 15 is 0 Å². The van der Waals surface area contributed by atoms with Gasteiger partial charge in [-0.25, -0.2) is 0 Å². The van der Waals surface area contributed by atoms with Crippen molar-refractivity contribution < 1.29 is 9.53 Å². The van der Waals surface area contributed by atoms with Gasteiger partial charge in [0.05, 0.1) is 11.4 Å². The number of thiophene rings is 1. The van der Waals surface area contributed by atoms with Crippen molar-refractivity contribution in [3.05, 3.63) is 89.3 Å². The Kier molecular flexibility index (Phi) is 5.01. The van der Waals surface area contributed by atoms with Gasteiger partial charge in [0.1, 0.15) is 5.75 Å². The number of carbonyl (C=O) groups is 1. The van der Waals surface area contributed by atoms with Gasteiger partial charge in [-0.15, -0.1) is 21.5 Å². The molecule has 0 fully saturated rings. The van der Waals surface area contributed by atoms with Gasteiger partial charge in [-0.3, -0.25) is 10.1 Å². The van der Waals surface area contributed by atoms with Crippen LogP contribution in [0.1, 0.15) is 15.9 Å². The predicted molar refractivity (Wildman–Crippen MR) is 133 cm³/mol. The van der Waals surface area contributed by atoms with Gasteiger partial charge in [-0.1, -0.05) is 47.7 Å². The monoisotopic (exact) mass is 470 g/mol. The number of hydrogen-bond acceptors (Lipinski definition) is 7. The van der Waals surface area contributed by atoms with E-state index in [1.165, 1.54) is 27.7 Å². The zero-order valence-corrected chi connectivity index (χ0v) is 19.0. The summed E-state index contributed by atoms with van der Waals surface area (Å²) in [4.78, 5) is 15.9. The highest BCUT2D eigenvalue weighted by Gasteiger charge is 2.20. The van der Waals surface area contributed by atoms with Crippen LogP contribution in [0, 0.1) is 0 Å². The Morgan fingerprint density at radius 2 is 1.85 bits per heavy atom. The van der Waals surface area contributed by atoms with Crippen LogP contribution >= 0.6 is 22.7 Å². The Bertz CT molecular complexity index is 1450. The van der Waals surface area contributed by atoms with E-state index in [2.05, 4.69) is 44.7 Å². The lowest BCUT2D eigenvalue weighted by atomic mass is 10.0. The van der Waals surface area contributed by atoms with Crippen LogP contribution in [0.25, 0.3) is 20.7 Å². The number of ether oxygens (including phenoxy) is 1. The largest absolute Gasteiger partial charge is 0.473 e. The number of hydrogen-bond donors (Lipinski definition) is 1. The molecule has 5 aromatic rings. The van der Waals surface area contributed by atoms with Crippen LogP contribution in [0.5, 0.6) is 5.75 Å². The number of fused-ring (bicyclic) bond motifs is 3. The van der Waals surface area contributed by atoms with E-state index in [9.17, 15) is 4.79 Å². The summed E-state index contributed by atoms with van der Waals surface area (Å²) in [6, 6.07) is 24.0. The summed E-state index contributed by atoms with van der Waals surface area (Å²) in [5.41, 5.74) is 2.75. The number of amides is 1. The second-order valence-corrected chi connectivity index (χ2v) is 9.55. The van der Waals surface area contributed by atoms with Crippen molar-refractivity contribution in [3.8, 4) is 15.6 Å². The zero-order valence-electron chi connectivity index (χ0n) is 17.4. The van der Waals surface area contributed by atoms with E-state index in [-0.39, 0.29) is 5.91 Å². The van der Waals surface area contributed by atoms with Crippen molar-refractivity contribution in [1.82, 2.24) is 10.2 Å². The summed E-state index contributed by atoms with van der Waals surface area (Å²) in [6.07, 6.45) is 0. The third kappa shape index (κ3) is 3.83. The van der Waals surface area contributed by atoms with Crippen LogP contribution in [-0.4, -0.2) is 22.8 Å². The second kappa shape index (κ2) is 8.31. The molecule has 0 saturated heterocycles.